The Balaban J connectivity index is 2.33. The normalized spacial score (nSPS) is 13.5. The zero-order valence-electron chi connectivity index (χ0n) is 9.90. The van der Waals surface area contributed by atoms with E-state index in [1.54, 1.807) is 4.80 Å². The number of halogens is 1. The van der Waals surface area contributed by atoms with Crippen LogP contribution in [0.15, 0.2) is 6.07 Å². The maximum absolute atomic E-state index is 6.21. The molecule has 0 aromatic carbocycles. The molecular formula is C11H12ClN5. The summed E-state index contributed by atoms with van der Waals surface area (Å²) in [7, 11) is 3.81. The zero-order chi connectivity index (χ0) is 12.2. The molecule has 0 atom stereocenters. The van der Waals surface area contributed by atoms with Gasteiger partial charge in [0.15, 0.2) is 5.15 Å². The Hall–Kier alpha value is -1.62. The van der Waals surface area contributed by atoms with Crippen molar-refractivity contribution < 1.29 is 0 Å². The second-order valence-corrected chi connectivity index (χ2v) is 4.65. The fourth-order valence-corrected chi connectivity index (χ4v) is 2.62. The molecule has 5 nitrogen and oxygen atoms in total. The molecule has 2 aromatic heterocycles. The first-order valence-electron chi connectivity index (χ1n) is 5.35. The highest BCUT2D eigenvalue weighted by molar-refractivity contribution is 6.32. The van der Waals surface area contributed by atoms with Crippen molar-refractivity contribution in [2.45, 2.75) is 13.5 Å². The third-order valence-corrected chi connectivity index (χ3v) is 3.15. The summed E-state index contributed by atoms with van der Waals surface area (Å²) < 4.78 is 0. The SMILES string of the molecule is Cc1cc2c(c(Cl)n1)N(C)Cc1nn(C)nc1-2. The van der Waals surface area contributed by atoms with Crippen molar-refractivity contribution in [2.75, 3.05) is 11.9 Å². The Bertz CT molecular complexity index is 604. The maximum Gasteiger partial charge on any atom is 0.153 e. The van der Waals surface area contributed by atoms with Gasteiger partial charge in [-0.25, -0.2) is 4.98 Å². The molecule has 6 heteroatoms. The number of anilines is 1. The molecular weight excluding hydrogens is 238 g/mol. The van der Waals surface area contributed by atoms with E-state index in [1.165, 1.54) is 0 Å². The van der Waals surface area contributed by atoms with E-state index in [-0.39, 0.29) is 0 Å². The molecule has 0 aliphatic carbocycles. The average Bonchev–Trinajstić information content (AvgIpc) is 2.57. The monoisotopic (exact) mass is 249 g/mol. The largest absolute Gasteiger partial charge is 0.365 e. The molecule has 0 bridgehead atoms. The second-order valence-electron chi connectivity index (χ2n) is 4.29. The molecule has 1 aliphatic rings. The van der Waals surface area contributed by atoms with Crippen LogP contribution in [0, 0.1) is 6.92 Å². The summed E-state index contributed by atoms with van der Waals surface area (Å²) in [6, 6.07) is 2.00. The van der Waals surface area contributed by atoms with E-state index in [0.717, 1.165) is 28.3 Å². The van der Waals surface area contributed by atoms with Gasteiger partial charge < -0.3 is 4.90 Å². The van der Waals surface area contributed by atoms with Gasteiger partial charge in [0.05, 0.1) is 12.2 Å². The van der Waals surface area contributed by atoms with Gasteiger partial charge in [0.1, 0.15) is 11.4 Å². The molecule has 0 saturated heterocycles. The maximum atomic E-state index is 6.21. The van der Waals surface area contributed by atoms with E-state index < -0.39 is 0 Å². The topological polar surface area (TPSA) is 46.8 Å². The van der Waals surface area contributed by atoms with Crippen LogP contribution in [-0.2, 0) is 13.6 Å². The number of nitrogens with zero attached hydrogens (tertiary/aromatic N) is 5. The highest BCUT2D eigenvalue weighted by Gasteiger charge is 2.26. The number of fused-ring (bicyclic) bond motifs is 3. The van der Waals surface area contributed by atoms with E-state index in [1.807, 2.05) is 27.1 Å². The quantitative estimate of drug-likeness (QED) is 0.668. The van der Waals surface area contributed by atoms with Crippen molar-refractivity contribution >= 4 is 17.3 Å². The van der Waals surface area contributed by atoms with Gasteiger partial charge in [0.25, 0.3) is 0 Å². The summed E-state index contributed by atoms with van der Waals surface area (Å²) in [5.74, 6) is 0. The van der Waals surface area contributed by atoms with Gasteiger partial charge in [-0.2, -0.15) is 15.0 Å². The molecule has 0 amide bonds. The van der Waals surface area contributed by atoms with Crippen LogP contribution in [0.2, 0.25) is 5.15 Å². The number of aromatic nitrogens is 4. The van der Waals surface area contributed by atoms with Crippen molar-refractivity contribution in [1.29, 1.82) is 0 Å². The van der Waals surface area contributed by atoms with Gasteiger partial charge in [-0.15, -0.1) is 0 Å². The lowest BCUT2D eigenvalue weighted by Crippen LogP contribution is -2.22. The molecule has 0 radical (unpaired) electrons. The van der Waals surface area contributed by atoms with Crippen molar-refractivity contribution in [3.05, 3.63) is 22.6 Å². The Morgan fingerprint density at radius 2 is 2.06 bits per heavy atom. The minimum absolute atomic E-state index is 0.527. The smallest absolute Gasteiger partial charge is 0.153 e. The van der Waals surface area contributed by atoms with Crippen molar-refractivity contribution in [3.8, 4) is 11.3 Å². The minimum atomic E-state index is 0.527. The molecule has 88 valence electrons. The average molecular weight is 250 g/mol. The van der Waals surface area contributed by atoms with Gasteiger partial charge in [0, 0.05) is 25.4 Å². The Kier molecular flexibility index (Phi) is 2.13. The molecule has 3 rings (SSSR count). The predicted molar refractivity (Wildman–Crippen MR) is 66.1 cm³/mol. The van der Waals surface area contributed by atoms with Crippen LogP contribution in [0.25, 0.3) is 11.3 Å². The first-order chi connectivity index (χ1) is 8.06. The Labute approximate surface area is 104 Å². The summed E-state index contributed by atoms with van der Waals surface area (Å²) in [5, 5.41) is 9.29. The van der Waals surface area contributed by atoms with Crippen molar-refractivity contribution in [3.63, 3.8) is 0 Å². The van der Waals surface area contributed by atoms with E-state index in [4.69, 9.17) is 11.6 Å². The predicted octanol–water partition coefficient (Wildman–Crippen LogP) is 1.79. The molecule has 3 heterocycles. The highest BCUT2D eigenvalue weighted by atomic mass is 35.5. The van der Waals surface area contributed by atoms with E-state index >= 15 is 0 Å². The third-order valence-electron chi connectivity index (χ3n) is 2.89. The zero-order valence-corrected chi connectivity index (χ0v) is 10.7. The Morgan fingerprint density at radius 1 is 1.29 bits per heavy atom. The molecule has 0 N–H and O–H groups in total. The summed E-state index contributed by atoms with van der Waals surface area (Å²) in [6.45, 7) is 2.64. The van der Waals surface area contributed by atoms with E-state index in [0.29, 0.717) is 11.7 Å². The number of pyridine rings is 1. The van der Waals surface area contributed by atoms with Crippen molar-refractivity contribution in [1.82, 2.24) is 20.0 Å². The van der Waals surface area contributed by atoms with Crippen LogP contribution in [0.1, 0.15) is 11.4 Å². The lowest BCUT2D eigenvalue weighted by molar-refractivity contribution is 0.645. The van der Waals surface area contributed by atoms with E-state index in [2.05, 4.69) is 20.1 Å². The van der Waals surface area contributed by atoms with E-state index in [9.17, 15) is 0 Å². The molecule has 0 spiro atoms. The fourth-order valence-electron chi connectivity index (χ4n) is 2.24. The standard InChI is InChI=1S/C11H12ClN5/c1-6-4-7-9-8(14-17(3)15-9)5-16(2)10(7)11(12)13-6/h4H,5H2,1-3H3. The van der Waals surface area contributed by atoms with Crippen LogP contribution >= 0.6 is 11.6 Å². The molecule has 0 fully saturated rings. The summed E-state index contributed by atoms with van der Waals surface area (Å²) in [4.78, 5) is 7.94. The number of hydrogen-bond donors (Lipinski definition) is 0. The third kappa shape index (κ3) is 1.50. The van der Waals surface area contributed by atoms with Gasteiger partial charge in [-0.1, -0.05) is 11.6 Å². The lowest BCUT2D eigenvalue weighted by atomic mass is 10.0. The Morgan fingerprint density at radius 3 is 2.82 bits per heavy atom. The molecule has 2 aromatic rings. The number of aryl methyl sites for hydroxylation is 2. The summed E-state index contributed by atoms with van der Waals surface area (Å²) >= 11 is 6.21. The highest BCUT2D eigenvalue weighted by Crippen LogP contribution is 2.40. The lowest BCUT2D eigenvalue weighted by Gasteiger charge is -2.26. The van der Waals surface area contributed by atoms with Crippen LogP contribution < -0.4 is 4.90 Å². The molecule has 0 unspecified atom stereocenters. The molecule has 17 heavy (non-hydrogen) atoms. The minimum Gasteiger partial charge on any atom is -0.365 e. The van der Waals surface area contributed by atoms with Crippen LogP contribution in [0.3, 0.4) is 0 Å². The van der Waals surface area contributed by atoms with Crippen LogP contribution in [0.5, 0.6) is 0 Å². The first kappa shape index (κ1) is 10.5. The fraction of sp³-hybridized carbons (Fsp3) is 0.364. The number of hydrogen-bond acceptors (Lipinski definition) is 4. The van der Waals surface area contributed by atoms with Gasteiger partial charge >= 0.3 is 0 Å². The van der Waals surface area contributed by atoms with Gasteiger partial charge in [-0.05, 0) is 13.0 Å². The van der Waals surface area contributed by atoms with Gasteiger partial charge in [-0.3, -0.25) is 0 Å². The second kappa shape index (κ2) is 3.43. The van der Waals surface area contributed by atoms with Crippen molar-refractivity contribution in [2.24, 2.45) is 7.05 Å². The van der Waals surface area contributed by atoms with Crippen LogP contribution in [-0.4, -0.2) is 27.0 Å². The number of rotatable bonds is 0. The first-order valence-corrected chi connectivity index (χ1v) is 5.73. The molecule has 0 saturated carbocycles. The summed E-state index contributed by atoms with van der Waals surface area (Å²) in [5.41, 5.74) is 4.72. The summed E-state index contributed by atoms with van der Waals surface area (Å²) in [6.07, 6.45) is 0. The van der Waals surface area contributed by atoms with Crippen LogP contribution in [0.4, 0.5) is 5.69 Å². The molecule has 1 aliphatic heterocycles. The van der Waals surface area contributed by atoms with Gasteiger partial charge in [0.2, 0.25) is 0 Å².